The van der Waals surface area contributed by atoms with Crippen LogP contribution < -0.4 is 10.1 Å². The Morgan fingerprint density at radius 3 is 2.59 bits per heavy atom. The number of halogens is 1. The van der Waals surface area contributed by atoms with E-state index in [2.05, 4.69) is 5.32 Å². The summed E-state index contributed by atoms with van der Waals surface area (Å²) in [4.78, 5) is 0. The van der Waals surface area contributed by atoms with Crippen LogP contribution in [0.25, 0.3) is 0 Å². The number of phenolic OH excluding ortho intramolecular Hbond substituents is 1. The molecule has 0 amide bonds. The summed E-state index contributed by atoms with van der Waals surface area (Å²) in [7, 11) is 3.13. The quantitative estimate of drug-likeness (QED) is 0.584. The molecule has 0 spiro atoms. The SMILES string of the molecule is CNCC(O)C(O)c1cc(I)c(O)c(OC)c1. The molecule has 0 radical (unpaired) electrons. The first-order valence-electron chi connectivity index (χ1n) is 5.08. The number of aliphatic hydroxyl groups excluding tert-OH is 2. The first-order valence-corrected chi connectivity index (χ1v) is 6.16. The van der Waals surface area contributed by atoms with E-state index < -0.39 is 12.2 Å². The summed E-state index contributed by atoms with van der Waals surface area (Å²) < 4.78 is 5.56. The van der Waals surface area contributed by atoms with Crippen molar-refractivity contribution in [2.24, 2.45) is 0 Å². The second kappa shape index (κ2) is 6.39. The van der Waals surface area contributed by atoms with Crippen molar-refractivity contribution < 1.29 is 20.1 Å². The van der Waals surface area contributed by atoms with Crippen LogP contribution in [0.5, 0.6) is 11.5 Å². The van der Waals surface area contributed by atoms with Crippen molar-refractivity contribution in [3.8, 4) is 11.5 Å². The molecule has 1 aromatic carbocycles. The molecular weight excluding hydrogens is 337 g/mol. The number of ether oxygens (including phenoxy) is 1. The van der Waals surface area contributed by atoms with Gasteiger partial charge in [-0.05, 0) is 47.3 Å². The van der Waals surface area contributed by atoms with Crippen LogP contribution in [-0.2, 0) is 0 Å². The molecule has 96 valence electrons. The van der Waals surface area contributed by atoms with Crippen molar-refractivity contribution in [2.45, 2.75) is 12.2 Å². The maximum atomic E-state index is 9.92. The number of nitrogens with one attached hydrogen (secondary N) is 1. The molecule has 1 rings (SSSR count). The van der Waals surface area contributed by atoms with Crippen LogP contribution in [0.4, 0.5) is 0 Å². The molecule has 2 unspecified atom stereocenters. The lowest BCUT2D eigenvalue weighted by molar-refractivity contribution is 0.0200. The number of phenols is 1. The summed E-state index contributed by atoms with van der Waals surface area (Å²) in [6.45, 7) is 0.279. The normalized spacial score (nSPS) is 14.4. The monoisotopic (exact) mass is 353 g/mol. The van der Waals surface area contributed by atoms with Crippen molar-refractivity contribution in [1.82, 2.24) is 5.32 Å². The van der Waals surface area contributed by atoms with Gasteiger partial charge >= 0.3 is 0 Å². The van der Waals surface area contributed by atoms with Crippen LogP contribution in [0.3, 0.4) is 0 Å². The Morgan fingerprint density at radius 2 is 2.06 bits per heavy atom. The fourth-order valence-corrected chi connectivity index (χ4v) is 2.09. The Morgan fingerprint density at radius 1 is 1.41 bits per heavy atom. The van der Waals surface area contributed by atoms with E-state index in [0.29, 0.717) is 9.13 Å². The van der Waals surface area contributed by atoms with Crippen molar-refractivity contribution in [3.63, 3.8) is 0 Å². The van der Waals surface area contributed by atoms with Gasteiger partial charge in [-0.25, -0.2) is 0 Å². The molecule has 0 heterocycles. The Bertz CT molecular complexity index is 386. The fraction of sp³-hybridized carbons (Fsp3) is 0.455. The highest BCUT2D eigenvalue weighted by atomic mass is 127. The number of hydrogen-bond donors (Lipinski definition) is 4. The largest absolute Gasteiger partial charge is 0.504 e. The van der Waals surface area contributed by atoms with Gasteiger partial charge < -0.3 is 25.4 Å². The van der Waals surface area contributed by atoms with E-state index >= 15 is 0 Å². The third-order valence-corrected chi connectivity index (χ3v) is 3.21. The predicted molar refractivity (Wildman–Crippen MR) is 72.3 cm³/mol. The predicted octanol–water partition coefficient (Wildman–Crippen LogP) is 0.619. The molecule has 0 bridgehead atoms. The molecule has 4 N–H and O–H groups in total. The van der Waals surface area contributed by atoms with Gasteiger partial charge in [0.2, 0.25) is 0 Å². The summed E-state index contributed by atoms with van der Waals surface area (Å²) in [5.41, 5.74) is 0.506. The Labute approximate surface area is 114 Å². The van der Waals surface area contributed by atoms with E-state index in [1.165, 1.54) is 13.2 Å². The zero-order valence-electron chi connectivity index (χ0n) is 9.64. The van der Waals surface area contributed by atoms with E-state index in [0.717, 1.165) is 0 Å². The topological polar surface area (TPSA) is 82.0 Å². The minimum absolute atomic E-state index is 0.0344. The zero-order valence-corrected chi connectivity index (χ0v) is 11.8. The molecule has 0 aromatic heterocycles. The smallest absolute Gasteiger partial charge is 0.171 e. The van der Waals surface area contributed by atoms with Gasteiger partial charge in [0.25, 0.3) is 0 Å². The van der Waals surface area contributed by atoms with Crippen molar-refractivity contribution in [3.05, 3.63) is 21.3 Å². The Kier molecular flexibility index (Phi) is 5.44. The van der Waals surface area contributed by atoms with Gasteiger partial charge in [-0.2, -0.15) is 0 Å². The summed E-state index contributed by atoms with van der Waals surface area (Å²) >= 11 is 1.94. The van der Waals surface area contributed by atoms with Crippen LogP contribution in [0.15, 0.2) is 12.1 Å². The third-order valence-electron chi connectivity index (χ3n) is 2.39. The molecule has 0 saturated carbocycles. The molecule has 5 nitrogen and oxygen atoms in total. The van der Waals surface area contributed by atoms with E-state index in [1.54, 1.807) is 13.1 Å². The Balaban J connectivity index is 3.02. The van der Waals surface area contributed by atoms with E-state index in [1.807, 2.05) is 22.6 Å². The van der Waals surface area contributed by atoms with E-state index in [9.17, 15) is 15.3 Å². The molecule has 0 saturated heterocycles. The number of methoxy groups -OCH3 is 1. The van der Waals surface area contributed by atoms with Crippen molar-refractivity contribution in [1.29, 1.82) is 0 Å². The summed E-state index contributed by atoms with van der Waals surface area (Å²) in [6, 6.07) is 3.13. The number of aromatic hydroxyl groups is 1. The minimum atomic E-state index is -1.02. The number of likely N-dealkylation sites (N-methyl/N-ethyl adjacent to an activating group) is 1. The van der Waals surface area contributed by atoms with E-state index in [4.69, 9.17) is 4.74 Å². The lowest BCUT2D eigenvalue weighted by Gasteiger charge is -2.19. The first-order chi connectivity index (χ1) is 8.01. The maximum absolute atomic E-state index is 9.92. The number of hydrogen-bond acceptors (Lipinski definition) is 5. The maximum Gasteiger partial charge on any atom is 0.171 e. The van der Waals surface area contributed by atoms with Gasteiger partial charge in [-0.1, -0.05) is 0 Å². The molecule has 17 heavy (non-hydrogen) atoms. The fourth-order valence-electron chi connectivity index (χ4n) is 1.46. The molecule has 2 atom stereocenters. The number of rotatable bonds is 5. The second-order valence-corrected chi connectivity index (χ2v) is 4.79. The summed E-state index contributed by atoms with van der Waals surface area (Å²) in [5.74, 6) is 0.315. The van der Waals surface area contributed by atoms with Crippen LogP contribution >= 0.6 is 22.6 Å². The number of aliphatic hydroxyl groups is 2. The third kappa shape index (κ3) is 3.44. The average molecular weight is 353 g/mol. The minimum Gasteiger partial charge on any atom is -0.504 e. The van der Waals surface area contributed by atoms with Gasteiger partial charge in [0, 0.05) is 6.54 Å². The van der Waals surface area contributed by atoms with Gasteiger partial charge in [-0.3, -0.25) is 0 Å². The van der Waals surface area contributed by atoms with Gasteiger partial charge in [0.1, 0.15) is 6.10 Å². The van der Waals surface area contributed by atoms with Crippen molar-refractivity contribution >= 4 is 22.6 Å². The van der Waals surface area contributed by atoms with Crippen LogP contribution in [0, 0.1) is 3.57 Å². The van der Waals surface area contributed by atoms with Gasteiger partial charge in [0.05, 0.1) is 16.8 Å². The lowest BCUT2D eigenvalue weighted by atomic mass is 10.0. The molecule has 0 aliphatic rings. The molecule has 0 fully saturated rings. The summed E-state index contributed by atoms with van der Waals surface area (Å²) in [6.07, 6.45) is -1.93. The lowest BCUT2D eigenvalue weighted by Crippen LogP contribution is -2.29. The van der Waals surface area contributed by atoms with E-state index in [-0.39, 0.29) is 18.0 Å². The molecular formula is C11H16INO4. The molecule has 1 aromatic rings. The summed E-state index contributed by atoms with van der Waals surface area (Å²) in [5, 5.41) is 32.0. The highest BCUT2D eigenvalue weighted by Crippen LogP contribution is 2.34. The molecule has 0 aliphatic heterocycles. The van der Waals surface area contributed by atoms with Crippen LogP contribution in [-0.4, -0.2) is 42.1 Å². The van der Waals surface area contributed by atoms with Gasteiger partial charge in [-0.15, -0.1) is 0 Å². The first kappa shape index (κ1) is 14.5. The average Bonchev–Trinajstić information content (AvgIpc) is 2.31. The molecule has 0 aliphatic carbocycles. The van der Waals surface area contributed by atoms with Crippen LogP contribution in [0.2, 0.25) is 0 Å². The van der Waals surface area contributed by atoms with Crippen LogP contribution in [0.1, 0.15) is 11.7 Å². The molecule has 6 heteroatoms. The highest BCUT2D eigenvalue weighted by molar-refractivity contribution is 14.1. The van der Waals surface area contributed by atoms with Gasteiger partial charge in [0.15, 0.2) is 11.5 Å². The number of benzene rings is 1. The standard InChI is InChI=1S/C11H16INO4/c1-13-5-8(14)10(15)6-3-7(12)11(16)9(4-6)17-2/h3-4,8,10,13-16H,5H2,1-2H3. The zero-order chi connectivity index (χ0) is 13.0. The Hall–Kier alpha value is -0.570. The highest BCUT2D eigenvalue weighted by Gasteiger charge is 2.20. The van der Waals surface area contributed by atoms with Crippen molar-refractivity contribution in [2.75, 3.05) is 20.7 Å². The second-order valence-electron chi connectivity index (χ2n) is 3.62.